The maximum Gasteiger partial charge on any atom is 0.274 e. The molecule has 2 aliphatic rings. The normalized spacial score (nSPS) is 22.3. The number of aromatic hydroxyl groups is 1. The van der Waals surface area contributed by atoms with Gasteiger partial charge in [-0.15, -0.1) is 0 Å². The maximum absolute atomic E-state index is 13.8. The summed E-state index contributed by atoms with van der Waals surface area (Å²) in [4.78, 5) is 40.0. The first-order valence-corrected chi connectivity index (χ1v) is 10.3. The third-order valence-electron chi connectivity index (χ3n) is 6.42. The zero-order valence-electron chi connectivity index (χ0n) is 17.5. The van der Waals surface area contributed by atoms with Crippen LogP contribution >= 0.6 is 0 Å². The molecule has 7 nitrogen and oxygen atoms in total. The van der Waals surface area contributed by atoms with Crippen molar-refractivity contribution in [2.75, 3.05) is 6.54 Å². The van der Waals surface area contributed by atoms with E-state index in [0.717, 1.165) is 12.8 Å². The topological polar surface area (TPSA) is 91.6 Å². The zero-order chi connectivity index (χ0) is 23.3. The standard InChI is InChI=1S/C22H22F3N3O4/c1-10-3-4-11(2)27-9-17(10)28-8-14(19(29)20(30)18(28)22(27)32)21(31)26-7-13-15(24)5-12(23)6-16(13)25/h5-6,8,10-11,17,30H,3-4,7,9H2,1-2H3,(H,26,31). The van der Waals surface area contributed by atoms with Crippen molar-refractivity contribution in [3.63, 3.8) is 0 Å². The third kappa shape index (κ3) is 3.53. The van der Waals surface area contributed by atoms with Crippen molar-refractivity contribution in [2.45, 2.75) is 45.3 Å². The molecule has 3 atom stereocenters. The number of aromatic nitrogens is 1. The van der Waals surface area contributed by atoms with E-state index in [-0.39, 0.29) is 23.7 Å². The number of carbonyl (C=O) groups excluding carboxylic acids is 2. The van der Waals surface area contributed by atoms with Crippen LogP contribution in [0.15, 0.2) is 23.1 Å². The summed E-state index contributed by atoms with van der Waals surface area (Å²) in [6.45, 7) is 3.65. The Bertz CT molecular complexity index is 1160. The molecule has 1 saturated heterocycles. The molecule has 0 radical (unpaired) electrons. The van der Waals surface area contributed by atoms with Crippen molar-refractivity contribution < 1.29 is 27.9 Å². The molecule has 2 N–H and O–H groups in total. The number of nitrogens with one attached hydrogen (secondary N) is 1. The summed E-state index contributed by atoms with van der Waals surface area (Å²) in [5, 5.41) is 12.8. The van der Waals surface area contributed by atoms with Gasteiger partial charge >= 0.3 is 0 Å². The molecule has 1 fully saturated rings. The number of hydrogen-bond acceptors (Lipinski definition) is 4. The van der Waals surface area contributed by atoms with E-state index in [1.54, 1.807) is 4.90 Å². The minimum absolute atomic E-state index is 0.0540. The Morgan fingerprint density at radius 2 is 1.81 bits per heavy atom. The number of amides is 2. The number of pyridine rings is 1. The molecule has 170 valence electrons. The van der Waals surface area contributed by atoms with Crippen molar-refractivity contribution in [3.8, 4) is 5.75 Å². The average molecular weight is 449 g/mol. The van der Waals surface area contributed by atoms with Gasteiger partial charge in [-0.25, -0.2) is 13.2 Å². The van der Waals surface area contributed by atoms with Crippen LogP contribution in [0.25, 0.3) is 0 Å². The van der Waals surface area contributed by atoms with Crippen LogP contribution in [-0.2, 0) is 6.54 Å². The summed E-state index contributed by atoms with van der Waals surface area (Å²) in [7, 11) is 0. The van der Waals surface area contributed by atoms with Gasteiger partial charge in [0.2, 0.25) is 5.43 Å². The molecular weight excluding hydrogens is 427 g/mol. The van der Waals surface area contributed by atoms with Crippen LogP contribution in [0, 0.1) is 23.4 Å². The van der Waals surface area contributed by atoms with Gasteiger partial charge in [0.1, 0.15) is 23.0 Å². The Balaban J connectivity index is 1.70. The summed E-state index contributed by atoms with van der Waals surface area (Å²) >= 11 is 0. The second-order valence-corrected chi connectivity index (χ2v) is 8.44. The number of rotatable bonds is 3. The Kier molecular flexibility index (Phi) is 5.47. The van der Waals surface area contributed by atoms with Crippen LogP contribution in [0.4, 0.5) is 13.2 Å². The van der Waals surface area contributed by atoms with Gasteiger partial charge in [-0.1, -0.05) is 6.92 Å². The molecule has 10 heteroatoms. The summed E-state index contributed by atoms with van der Waals surface area (Å²) in [5.74, 6) is -5.65. The predicted molar refractivity (Wildman–Crippen MR) is 108 cm³/mol. The van der Waals surface area contributed by atoms with E-state index in [9.17, 15) is 32.7 Å². The van der Waals surface area contributed by atoms with Gasteiger partial charge in [-0.3, -0.25) is 14.4 Å². The van der Waals surface area contributed by atoms with Crippen molar-refractivity contribution in [1.29, 1.82) is 0 Å². The number of halogens is 3. The van der Waals surface area contributed by atoms with E-state index in [1.165, 1.54) is 10.8 Å². The van der Waals surface area contributed by atoms with Crippen LogP contribution in [-0.4, -0.2) is 39.0 Å². The van der Waals surface area contributed by atoms with Crippen LogP contribution in [0.2, 0.25) is 0 Å². The van der Waals surface area contributed by atoms with Crippen LogP contribution in [0.3, 0.4) is 0 Å². The summed E-state index contributed by atoms with van der Waals surface area (Å²) in [6, 6.07) is 0.658. The molecule has 1 aromatic heterocycles. The van der Waals surface area contributed by atoms with Crippen molar-refractivity contribution in [3.05, 3.63) is 62.8 Å². The molecule has 2 aliphatic heterocycles. The molecule has 32 heavy (non-hydrogen) atoms. The maximum atomic E-state index is 13.8. The molecule has 0 saturated carbocycles. The van der Waals surface area contributed by atoms with E-state index in [4.69, 9.17) is 0 Å². The summed E-state index contributed by atoms with van der Waals surface area (Å²) in [5.41, 5.74) is -2.25. The minimum atomic E-state index is -1.18. The molecule has 2 bridgehead atoms. The monoisotopic (exact) mass is 449 g/mol. The highest BCUT2D eigenvalue weighted by atomic mass is 19.1. The first-order valence-electron chi connectivity index (χ1n) is 10.3. The fourth-order valence-corrected chi connectivity index (χ4v) is 4.45. The van der Waals surface area contributed by atoms with Gasteiger partial charge in [0, 0.05) is 43.0 Å². The fraction of sp³-hybridized carbons (Fsp3) is 0.409. The van der Waals surface area contributed by atoms with Gasteiger partial charge in [0.15, 0.2) is 11.4 Å². The quantitative estimate of drug-likeness (QED) is 0.754. The molecule has 2 aromatic rings. The largest absolute Gasteiger partial charge is 0.503 e. The second-order valence-electron chi connectivity index (χ2n) is 8.44. The first kappa shape index (κ1) is 21.9. The number of fused-ring (bicyclic) bond motifs is 4. The number of benzene rings is 1. The van der Waals surface area contributed by atoms with Crippen molar-refractivity contribution in [1.82, 2.24) is 14.8 Å². The average Bonchev–Trinajstić information content (AvgIpc) is 2.85. The number of hydrogen-bond donors (Lipinski definition) is 2. The van der Waals surface area contributed by atoms with Crippen molar-refractivity contribution >= 4 is 11.8 Å². The van der Waals surface area contributed by atoms with Crippen LogP contribution in [0.1, 0.15) is 59.1 Å². The zero-order valence-corrected chi connectivity index (χ0v) is 17.5. The fourth-order valence-electron chi connectivity index (χ4n) is 4.45. The summed E-state index contributed by atoms with van der Waals surface area (Å²) in [6.07, 6.45) is 2.80. The number of nitrogens with zero attached hydrogens (tertiary/aromatic N) is 2. The molecule has 1 aromatic carbocycles. The molecule has 2 amide bonds. The Morgan fingerprint density at radius 3 is 2.47 bits per heavy atom. The Hall–Kier alpha value is -3.30. The Morgan fingerprint density at radius 1 is 1.16 bits per heavy atom. The van der Waals surface area contributed by atoms with Crippen LogP contribution < -0.4 is 10.7 Å². The Labute approximate surface area is 181 Å². The molecule has 3 heterocycles. The molecular formula is C22H22F3N3O4. The lowest BCUT2D eigenvalue weighted by molar-refractivity contribution is 0.0591. The molecule has 3 unspecified atom stereocenters. The van der Waals surface area contributed by atoms with Gasteiger partial charge in [-0.2, -0.15) is 0 Å². The highest BCUT2D eigenvalue weighted by Crippen LogP contribution is 2.37. The smallest absolute Gasteiger partial charge is 0.274 e. The van der Waals surface area contributed by atoms with Crippen LogP contribution in [0.5, 0.6) is 5.75 Å². The lowest BCUT2D eigenvalue weighted by atomic mass is 9.95. The lowest BCUT2D eigenvalue weighted by Gasteiger charge is -2.38. The lowest BCUT2D eigenvalue weighted by Crippen LogP contribution is -2.48. The van der Waals surface area contributed by atoms with E-state index in [1.807, 2.05) is 13.8 Å². The SMILES string of the molecule is CC1CCC(C)N2CC1n1cc(C(=O)NCc3c(F)cc(F)cc3F)c(=O)c(O)c1C2=O. The third-order valence-corrected chi connectivity index (χ3v) is 6.42. The second kappa shape index (κ2) is 7.99. The molecule has 0 aliphatic carbocycles. The van der Waals surface area contributed by atoms with Gasteiger partial charge < -0.3 is 19.9 Å². The van der Waals surface area contributed by atoms with Gasteiger partial charge in [0.05, 0.1) is 6.04 Å². The molecule has 4 rings (SSSR count). The van der Waals surface area contributed by atoms with E-state index >= 15 is 0 Å². The number of carbonyl (C=O) groups is 2. The van der Waals surface area contributed by atoms with Gasteiger partial charge in [-0.05, 0) is 25.7 Å². The van der Waals surface area contributed by atoms with E-state index in [0.29, 0.717) is 18.7 Å². The first-order chi connectivity index (χ1) is 15.1. The molecule has 0 spiro atoms. The van der Waals surface area contributed by atoms with E-state index in [2.05, 4.69) is 5.32 Å². The van der Waals surface area contributed by atoms with Crippen molar-refractivity contribution in [2.24, 2.45) is 5.92 Å². The van der Waals surface area contributed by atoms with Gasteiger partial charge in [0.25, 0.3) is 11.8 Å². The highest BCUT2D eigenvalue weighted by Gasteiger charge is 2.41. The summed E-state index contributed by atoms with van der Waals surface area (Å²) < 4.78 is 42.2. The highest BCUT2D eigenvalue weighted by molar-refractivity contribution is 5.99. The minimum Gasteiger partial charge on any atom is -0.503 e. The van der Waals surface area contributed by atoms with E-state index < -0.39 is 58.1 Å². The predicted octanol–water partition coefficient (Wildman–Crippen LogP) is 2.72.